The van der Waals surface area contributed by atoms with Gasteiger partial charge in [0.2, 0.25) is 5.91 Å². The van der Waals surface area contributed by atoms with Crippen LogP contribution in [-0.2, 0) is 14.3 Å². The van der Waals surface area contributed by atoms with Gasteiger partial charge in [0.1, 0.15) is 6.10 Å². The van der Waals surface area contributed by atoms with Gasteiger partial charge in [0.25, 0.3) is 0 Å². The van der Waals surface area contributed by atoms with Crippen LogP contribution in [0, 0.1) is 34.5 Å². The minimum Gasteiger partial charge on any atom is -0.462 e. The van der Waals surface area contributed by atoms with Crippen LogP contribution >= 0.6 is 0 Å². The predicted molar refractivity (Wildman–Crippen MR) is 99.9 cm³/mol. The summed E-state index contributed by atoms with van der Waals surface area (Å²) in [6.07, 6.45) is 9.67. The molecule has 4 aliphatic rings. The van der Waals surface area contributed by atoms with Crippen molar-refractivity contribution in [1.29, 1.82) is 0 Å². The third-order valence-electron chi connectivity index (χ3n) is 8.48. The highest BCUT2D eigenvalue weighted by Crippen LogP contribution is 2.65. The summed E-state index contributed by atoms with van der Waals surface area (Å²) in [5.74, 6) is 2.44. The molecule has 0 aromatic heterocycles. The second-order valence-electron chi connectivity index (χ2n) is 9.63. The second-order valence-corrected chi connectivity index (χ2v) is 9.63. The summed E-state index contributed by atoms with van der Waals surface area (Å²) in [5, 5.41) is 3.21. The number of piperidine rings is 1. The Morgan fingerprint density at radius 3 is 2.69 bits per heavy atom. The summed E-state index contributed by atoms with van der Waals surface area (Å²) in [6, 6.07) is 0. The molecule has 4 nitrogen and oxygen atoms in total. The zero-order chi connectivity index (χ0) is 18.7. The van der Waals surface area contributed by atoms with Crippen molar-refractivity contribution in [1.82, 2.24) is 5.32 Å². The molecule has 0 aromatic rings. The molecule has 4 heteroatoms. The van der Waals surface area contributed by atoms with Gasteiger partial charge in [-0.25, -0.2) is 0 Å². The van der Waals surface area contributed by atoms with E-state index in [0.717, 1.165) is 32.1 Å². The number of esters is 1. The summed E-state index contributed by atoms with van der Waals surface area (Å²) < 4.78 is 5.77. The average Bonchev–Trinajstić information content (AvgIpc) is 2.91. The van der Waals surface area contributed by atoms with Crippen molar-refractivity contribution in [2.45, 2.75) is 78.7 Å². The molecule has 1 saturated heterocycles. The number of nitrogens with one attached hydrogen (secondary N) is 1. The number of carbonyl (C=O) groups is 2. The summed E-state index contributed by atoms with van der Waals surface area (Å²) in [6.45, 7) is 8.56. The van der Waals surface area contributed by atoms with Crippen molar-refractivity contribution in [2.24, 2.45) is 34.5 Å². The minimum atomic E-state index is -0.140. The van der Waals surface area contributed by atoms with E-state index < -0.39 is 0 Å². The molecule has 0 spiro atoms. The van der Waals surface area contributed by atoms with Crippen LogP contribution in [0.15, 0.2) is 11.8 Å². The molecule has 0 radical (unpaired) electrons. The van der Waals surface area contributed by atoms with Crippen molar-refractivity contribution in [2.75, 3.05) is 0 Å². The van der Waals surface area contributed by atoms with Gasteiger partial charge in [0.15, 0.2) is 0 Å². The standard InChI is InChI=1S/C22H33NO3/c1-5-14-12-17-21(3,11-9-19(25)23-17)16-8-10-22(4)15(20(14)16)6-7-18(22)26-13(2)24/h12,14-16,18,20H,5-11H2,1-4H3,(H,23,25)/t14-,15-,16-,18?,20-,21+,22-/m0/s1. The van der Waals surface area contributed by atoms with Gasteiger partial charge >= 0.3 is 5.97 Å². The highest BCUT2D eigenvalue weighted by Gasteiger charge is 2.61. The fourth-order valence-corrected chi connectivity index (χ4v) is 7.08. The summed E-state index contributed by atoms with van der Waals surface area (Å²) >= 11 is 0. The first-order chi connectivity index (χ1) is 12.3. The fourth-order valence-electron chi connectivity index (χ4n) is 7.08. The van der Waals surface area contributed by atoms with Gasteiger partial charge in [0.05, 0.1) is 0 Å². The quantitative estimate of drug-likeness (QED) is 0.752. The van der Waals surface area contributed by atoms with Gasteiger partial charge in [-0.1, -0.05) is 26.8 Å². The lowest BCUT2D eigenvalue weighted by Crippen LogP contribution is -2.56. The monoisotopic (exact) mass is 359 g/mol. The Morgan fingerprint density at radius 2 is 2.00 bits per heavy atom. The van der Waals surface area contributed by atoms with E-state index in [2.05, 4.69) is 32.2 Å². The summed E-state index contributed by atoms with van der Waals surface area (Å²) in [4.78, 5) is 23.6. The van der Waals surface area contributed by atoms with E-state index in [4.69, 9.17) is 4.74 Å². The van der Waals surface area contributed by atoms with Gasteiger partial charge in [-0.05, 0) is 62.2 Å². The number of allylic oxidation sites excluding steroid dienone is 2. The molecule has 2 saturated carbocycles. The maximum absolute atomic E-state index is 12.0. The van der Waals surface area contributed by atoms with Crippen LogP contribution in [0.3, 0.4) is 0 Å². The Kier molecular flexibility index (Phi) is 4.24. The van der Waals surface area contributed by atoms with Crippen LogP contribution in [0.4, 0.5) is 0 Å². The third kappa shape index (κ3) is 2.47. The number of hydrogen-bond acceptors (Lipinski definition) is 3. The van der Waals surface area contributed by atoms with E-state index in [1.807, 2.05) is 0 Å². The molecule has 4 rings (SSSR count). The van der Waals surface area contributed by atoms with Crippen LogP contribution in [0.5, 0.6) is 0 Å². The Labute approximate surface area is 157 Å². The maximum atomic E-state index is 12.0. The van der Waals surface area contributed by atoms with Gasteiger partial charge < -0.3 is 10.1 Å². The molecule has 144 valence electrons. The number of ether oxygens (including phenoxy) is 1. The van der Waals surface area contributed by atoms with Crippen molar-refractivity contribution in [3.05, 3.63) is 11.8 Å². The molecule has 1 unspecified atom stereocenters. The first-order valence-corrected chi connectivity index (χ1v) is 10.5. The molecule has 1 N–H and O–H groups in total. The predicted octanol–water partition coefficient (Wildman–Crippen LogP) is 4.20. The Hall–Kier alpha value is -1.32. The van der Waals surface area contributed by atoms with E-state index in [1.54, 1.807) is 6.92 Å². The first-order valence-electron chi connectivity index (χ1n) is 10.5. The molecule has 26 heavy (non-hydrogen) atoms. The van der Waals surface area contributed by atoms with Crippen molar-refractivity contribution in [3.63, 3.8) is 0 Å². The van der Waals surface area contributed by atoms with E-state index >= 15 is 0 Å². The zero-order valence-electron chi connectivity index (χ0n) is 16.6. The number of carbonyl (C=O) groups excluding carboxylic acids is 2. The normalized spacial score (nSPS) is 47.2. The Bertz CT molecular complexity index is 656. The minimum absolute atomic E-state index is 0.0766. The Balaban J connectivity index is 1.70. The fraction of sp³-hybridized carbons (Fsp3) is 0.818. The molecule has 0 bridgehead atoms. The molecule has 1 aliphatic heterocycles. The molecular formula is C22H33NO3. The van der Waals surface area contributed by atoms with Crippen LogP contribution in [0.25, 0.3) is 0 Å². The zero-order valence-corrected chi connectivity index (χ0v) is 16.6. The molecule has 1 heterocycles. The maximum Gasteiger partial charge on any atom is 0.302 e. The van der Waals surface area contributed by atoms with Gasteiger partial charge in [0, 0.05) is 29.9 Å². The second kappa shape index (κ2) is 6.10. The first kappa shape index (κ1) is 18.1. The largest absolute Gasteiger partial charge is 0.462 e. The lowest BCUT2D eigenvalue weighted by Gasteiger charge is -2.59. The van der Waals surface area contributed by atoms with E-state index in [0.29, 0.717) is 30.1 Å². The highest BCUT2D eigenvalue weighted by atomic mass is 16.5. The SMILES string of the molecule is CC[C@H]1C=C2NC(=O)CC[C@]2(C)[C@H]2CC[C@]3(C)C(OC(C)=O)CC[C@H]3[C@H]12. The molecule has 0 aromatic carbocycles. The molecule has 3 fully saturated rings. The molecular weight excluding hydrogens is 326 g/mol. The molecule has 1 amide bonds. The van der Waals surface area contributed by atoms with Crippen LogP contribution in [-0.4, -0.2) is 18.0 Å². The molecule has 3 aliphatic carbocycles. The average molecular weight is 360 g/mol. The number of rotatable bonds is 2. The van der Waals surface area contributed by atoms with Crippen molar-refractivity contribution < 1.29 is 14.3 Å². The highest BCUT2D eigenvalue weighted by molar-refractivity contribution is 5.79. The van der Waals surface area contributed by atoms with E-state index in [9.17, 15) is 9.59 Å². The number of hydrogen-bond donors (Lipinski definition) is 1. The van der Waals surface area contributed by atoms with Crippen molar-refractivity contribution in [3.8, 4) is 0 Å². The third-order valence-corrected chi connectivity index (χ3v) is 8.48. The van der Waals surface area contributed by atoms with Gasteiger partial charge in [-0.2, -0.15) is 0 Å². The Morgan fingerprint density at radius 1 is 1.23 bits per heavy atom. The van der Waals surface area contributed by atoms with Gasteiger partial charge in [-0.3, -0.25) is 9.59 Å². The lowest BCUT2D eigenvalue weighted by atomic mass is 9.47. The van der Waals surface area contributed by atoms with E-state index in [1.165, 1.54) is 12.1 Å². The lowest BCUT2D eigenvalue weighted by molar-refractivity contribution is -0.158. The summed E-state index contributed by atoms with van der Waals surface area (Å²) in [7, 11) is 0. The van der Waals surface area contributed by atoms with Gasteiger partial charge in [-0.15, -0.1) is 0 Å². The van der Waals surface area contributed by atoms with Crippen LogP contribution in [0.2, 0.25) is 0 Å². The number of fused-ring (bicyclic) bond motifs is 5. The number of amides is 1. The van der Waals surface area contributed by atoms with Crippen LogP contribution < -0.4 is 5.32 Å². The smallest absolute Gasteiger partial charge is 0.302 e. The van der Waals surface area contributed by atoms with E-state index in [-0.39, 0.29) is 28.8 Å². The van der Waals surface area contributed by atoms with Crippen LogP contribution in [0.1, 0.15) is 72.6 Å². The topological polar surface area (TPSA) is 55.4 Å². The summed E-state index contributed by atoms with van der Waals surface area (Å²) in [5.41, 5.74) is 1.41. The molecule has 7 atom stereocenters. The van der Waals surface area contributed by atoms with Crippen molar-refractivity contribution >= 4 is 11.9 Å².